The Morgan fingerprint density at radius 1 is 1.27 bits per heavy atom. The van der Waals surface area contributed by atoms with E-state index in [-0.39, 0.29) is 23.2 Å². The Morgan fingerprint density at radius 2 is 1.95 bits per heavy atom. The monoisotopic (exact) mass is 318 g/mol. The topological polar surface area (TPSA) is 37.3 Å². The lowest BCUT2D eigenvalue weighted by Gasteiger charge is -2.51. The molecule has 1 N–H and O–H groups in total. The molecule has 0 bridgehead atoms. The molecule has 0 radical (unpaired) electrons. The molecule has 0 heterocycles. The molecule has 0 aromatic heterocycles. The summed E-state index contributed by atoms with van der Waals surface area (Å²) >= 11 is 5.92. The van der Waals surface area contributed by atoms with Crippen molar-refractivity contribution < 1.29 is 9.90 Å². The molecule has 2 unspecified atom stereocenters. The second kappa shape index (κ2) is 5.82. The Kier molecular flexibility index (Phi) is 4.17. The van der Waals surface area contributed by atoms with Gasteiger partial charge in [0.05, 0.1) is 6.10 Å². The zero-order valence-electron chi connectivity index (χ0n) is 13.2. The van der Waals surface area contributed by atoms with Crippen LogP contribution in [-0.4, -0.2) is 17.0 Å². The van der Waals surface area contributed by atoms with Crippen molar-refractivity contribution in [2.24, 2.45) is 17.3 Å². The van der Waals surface area contributed by atoms with Gasteiger partial charge in [-0.3, -0.25) is 4.79 Å². The van der Waals surface area contributed by atoms with E-state index in [2.05, 4.69) is 6.92 Å². The zero-order chi connectivity index (χ0) is 15.9. The third kappa shape index (κ3) is 2.63. The van der Waals surface area contributed by atoms with E-state index in [1.807, 2.05) is 37.3 Å². The highest BCUT2D eigenvalue weighted by Gasteiger charge is 2.51. The molecule has 2 aliphatic carbocycles. The van der Waals surface area contributed by atoms with Crippen molar-refractivity contribution in [2.45, 2.75) is 45.6 Å². The van der Waals surface area contributed by atoms with Crippen molar-refractivity contribution in [2.75, 3.05) is 0 Å². The minimum atomic E-state index is -0.310. The summed E-state index contributed by atoms with van der Waals surface area (Å²) in [7, 11) is 0. The molecule has 4 atom stereocenters. The van der Waals surface area contributed by atoms with E-state index in [0.29, 0.717) is 17.4 Å². The fourth-order valence-electron chi connectivity index (χ4n) is 4.36. The summed E-state index contributed by atoms with van der Waals surface area (Å²) in [5.74, 6) is 0.532. The molecule has 2 aliphatic rings. The van der Waals surface area contributed by atoms with E-state index in [4.69, 9.17) is 11.6 Å². The standard InChI is InChI=1S/C19H23ClO2/c1-12-16-4-3-5-17(21)19(16,2)11-14(18(12)22)10-13-6-8-15(20)9-7-13/h6-10,12,16-17,21H,3-5,11H2,1-2H3/b14-10+/t12?,16?,17-,19-/m0/s1. The molecule has 0 spiro atoms. The summed E-state index contributed by atoms with van der Waals surface area (Å²) in [4.78, 5) is 12.7. The van der Waals surface area contributed by atoms with Crippen LogP contribution in [0.2, 0.25) is 5.02 Å². The summed E-state index contributed by atoms with van der Waals surface area (Å²) in [6, 6.07) is 7.54. The number of ketones is 1. The smallest absolute Gasteiger partial charge is 0.161 e. The van der Waals surface area contributed by atoms with Crippen LogP contribution in [0, 0.1) is 17.3 Å². The van der Waals surface area contributed by atoms with E-state index in [9.17, 15) is 9.90 Å². The predicted molar refractivity (Wildman–Crippen MR) is 89.7 cm³/mol. The second-order valence-corrected chi connectivity index (χ2v) is 7.55. The highest BCUT2D eigenvalue weighted by molar-refractivity contribution is 6.30. The Balaban J connectivity index is 1.95. The molecule has 1 aromatic carbocycles. The highest BCUT2D eigenvalue weighted by atomic mass is 35.5. The van der Waals surface area contributed by atoms with Crippen LogP contribution in [-0.2, 0) is 4.79 Å². The van der Waals surface area contributed by atoms with Gasteiger partial charge < -0.3 is 5.11 Å². The predicted octanol–water partition coefficient (Wildman–Crippen LogP) is 4.50. The Labute approximate surface area is 137 Å². The van der Waals surface area contributed by atoms with E-state index in [0.717, 1.165) is 30.4 Å². The number of aliphatic hydroxyl groups is 1. The Morgan fingerprint density at radius 3 is 2.64 bits per heavy atom. The van der Waals surface area contributed by atoms with Crippen LogP contribution < -0.4 is 0 Å². The van der Waals surface area contributed by atoms with Gasteiger partial charge in [0.2, 0.25) is 0 Å². The van der Waals surface area contributed by atoms with Crippen molar-refractivity contribution in [1.29, 1.82) is 0 Å². The van der Waals surface area contributed by atoms with Crippen LogP contribution in [0.3, 0.4) is 0 Å². The van der Waals surface area contributed by atoms with E-state index in [1.165, 1.54) is 0 Å². The lowest BCUT2D eigenvalue weighted by atomic mass is 9.54. The van der Waals surface area contributed by atoms with E-state index in [1.54, 1.807) is 0 Å². The first-order valence-electron chi connectivity index (χ1n) is 8.10. The van der Waals surface area contributed by atoms with Gasteiger partial charge in [-0.2, -0.15) is 0 Å². The van der Waals surface area contributed by atoms with Crippen LogP contribution in [0.4, 0.5) is 0 Å². The summed E-state index contributed by atoms with van der Waals surface area (Å²) in [6.07, 6.45) is 5.25. The molecule has 2 fully saturated rings. The molecule has 3 rings (SSSR count). The maximum atomic E-state index is 12.7. The molecule has 2 saturated carbocycles. The molecule has 22 heavy (non-hydrogen) atoms. The fourth-order valence-corrected chi connectivity index (χ4v) is 4.49. The molecule has 2 nitrogen and oxygen atoms in total. The van der Waals surface area contributed by atoms with Crippen molar-refractivity contribution in [3.8, 4) is 0 Å². The van der Waals surface area contributed by atoms with Crippen molar-refractivity contribution in [3.05, 3.63) is 40.4 Å². The molecule has 1 aromatic rings. The first kappa shape index (κ1) is 15.8. The van der Waals surface area contributed by atoms with Gasteiger partial charge in [0.15, 0.2) is 5.78 Å². The summed E-state index contributed by atoms with van der Waals surface area (Å²) < 4.78 is 0. The molecular weight excluding hydrogens is 296 g/mol. The number of carbonyl (C=O) groups is 1. The van der Waals surface area contributed by atoms with Crippen LogP contribution >= 0.6 is 11.6 Å². The molecule has 118 valence electrons. The Hall–Kier alpha value is -1.12. The lowest BCUT2D eigenvalue weighted by molar-refractivity contribution is -0.133. The van der Waals surface area contributed by atoms with E-state index >= 15 is 0 Å². The average Bonchev–Trinajstić information content (AvgIpc) is 2.49. The third-order valence-electron chi connectivity index (χ3n) is 5.72. The number of benzene rings is 1. The number of allylic oxidation sites excluding steroid dienone is 1. The molecule has 0 saturated heterocycles. The summed E-state index contributed by atoms with van der Waals surface area (Å²) in [5, 5.41) is 11.2. The van der Waals surface area contributed by atoms with Gasteiger partial charge in [-0.25, -0.2) is 0 Å². The number of rotatable bonds is 1. The average molecular weight is 319 g/mol. The fraction of sp³-hybridized carbons (Fsp3) is 0.526. The normalized spacial score (nSPS) is 37.2. The van der Waals surface area contributed by atoms with Gasteiger partial charge >= 0.3 is 0 Å². The van der Waals surface area contributed by atoms with Gasteiger partial charge in [0.25, 0.3) is 0 Å². The van der Waals surface area contributed by atoms with Gasteiger partial charge in [-0.15, -0.1) is 0 Å². The minimum Gasteiger partial charge on any atom is -0.393 e. The SMILES string of the molecule is CC1C(=O)/C(=C/c2ccc(Cl)cc2)C[C@@]2(C)C1CCC[C@@H]2O. The number of hydrogen-bond donors (Lipinski definition) is 1. The van der Waals surface area contributed by atoms with Crippen molar-refractivity contribution >= 4 is 23.5 Å². The Bertz CT molecular complexity index is 604. The number of carbonyl (C=O) groups excluding carboxylic acids is 1. The zero-order valence-corrected chi connectivity index (χ0v) is 13.9. The van der Waals surface area contributed by atoms with Crippen LogP contribution in [0.15, 0.2) is 29.8 Å². The summed E-state index contributed by atoms with van der Waals surface area (Å²) in [5.41, 5.74) is 1.66. The number of halogens is 1. The van der Waals surface area contributed by atoms with Crippen molar-refractivity contribution in [1.82, 2.24) is 0 Å². The van der Waals surface area contributed by atoms with E-state index < -0.39 is 0 Å². The molecular formula is C19H23ClO2. The first-order chi connectivity index (χ1) is 10.4. The summed E-state index contributed by atoms with van der Waals surface area (Å²) in [6.45, 7) is 4.18. The van der Waals surface area contributed by atoms with Crippen LogP contribution in [0.1, 0.15) is 45.1 Å². The number of Topliss-reactive ketones (excluding diaryl/α,β-unsaturated/α-hetero) is 1. The lowest BCUT2D eigenvalue weighted by Crippen LogP contribution is -2.51. The third-order valence-corrected chi connectivity index (χ3v) is 5.97. The number of hydrogen-bond acceptors (Lipinski definition) is 2. The van der Waals surface area contributed by atoms with Gasteiger partial charge in [0, 0.05) is 16.4 Å². The van der Waals surface area contributed by atoms with Gasteiger partial charge in [-0.05, 0) is 54.5 Å². The van der Waals surface area contributed by atoms with Crippen LogP contribution in [0.5, 0.6) is 0 Å². The second-order valence-electron chi connectivity index (χ2n) is 7.11. The first-order valence-corrected chi connectivity index (χ1v) is 8.48. The van der Waals surface area contributed by atoms with Gasteiger partial charge in [-0.1, -0.05) is 44.0 Å². The number of aliphatic hydroxyl groups excluding tert-OH is 1. The number of fused-ring (bicyclic) bond motifs is 1. The van der Waals surface area contributed by atoms with Gasteiger partial charge in [0.1, 0.15) is 0 Å². The molecule has 0 aliphatic heterocycles. The molecule has 0 amide bonds. The quantitative estimate of drug-likeness (QED) is 0.774. The molecule has 3 heteroatoms. The largest absolute Gasteiger partial charge is 0.393 e. The minimum absolute atomic E-state index is 0.00718. The highest BCUT2D eigenvalue weighted by Crippen LogP contribution is 2.53. The van der Waals surface area contributed by atoms with Crippen LogP contribution in [0.25, 0.3) is 6.08 Å². The maximum Gasteiger partial charge on any atom is 0.161 e. The van der Waals surface area contributed by atoms with Crippen molar-refractivity contribution in [3.63, 3.8) is 0 Å². The maximum absolute atomic E-state index is 12.7.